The molecule has 2 fully saturated rings. The summed E-state index contributed by atoms with van der Waals surface area (Å²) in [6.07, 6.45) is 8.94. The van der Waals surface area contributed by atoms with E-state index in [1.807, 2.05) is 6.07 Å². The van der Waals surface area contributed by atoms with Crippen LogP contribution in [-0.2, 0) is 14.9 Å². The van der Waals surface area contributed by atoms with Crippen molar-refractivity contribution in [2.24, 2.45) is 0 Å². The van der Waals surface area contributed by atoms with Gasteiger partial charge in [-0.05, 0) is 43.4 Å². The van der Waals surface area contributed by atoms with Crippen molar-refractivity contribution >= 4 is 18.3 Å². The molecule has 4 nitrogen and oxygen atoms in total. The molecule has 0 atom stereocenters. The number of carbonyl (C=O) groups excluding carboxylic acids is 1. The predicted octanol–water partition coefficient (Wildman–Crippen LogP) is 3.72. The summed E-state index contributed by atoms with van der Waals surface area (Å²) < 4.78 is 19.2. The van der Waals surface area contributed by atoms with Crippen molar-refractivity contribution in [2.45, 2.75) is 62.8 Å². The largest absolute Gasteiger partial charge is 0.381 e. The summed E-state index contributed by atoms with van der Waals surface area (Å²) in [7, 11) is 0. The molecule has 1 amide bonds. The highest BCUT2D eigenvalue weighted by Gasteiger charge is 2.41. The SMILES string of the molecule is Cl.O=C(NCCNC1CCCCCC1)C1(c2cccc(F)c2)CCOCC1. The van der Waals surface area contributed by atoms with Gasteiger partial charge in [0.15, 0.2) is 0 Å². The van der Waals surface area contributed by atoms with Gasteiger partial charge in [-0.1, -0.05) is 37.8 Å². The quantitative estimate of drug-likeness (QED) is 0.567. The first-order chi connectivity index (χ1) is 12.7. The van der Waals surface area contributed by atoms with Crippen LogP contribution >= 0.6 is 12.4 Å². The van der Waals surface area contributed by atoms with Crippen LogP contribution in [0.2, 0.25) is 0 Å². The van der Waals surface area contributed by atoms with E-state index < -0.39 is 5.41 Å². The standard InChI is InChI=1S/C21H31FN2O2.ClH/c22-18-7-5-6-17(16-18)21(10-14-26-15-11-21)20(25)24-13-12-23-19-8-3-1-2-4-9-19;/h5-7,16,19,23H,1-4,8-15H2,(H,24,25);1H. The Kier molecular flexibility index (Phi) is 9.00. The molecule has 3 rings (SSSR count). The molecule has 1 aliphatic carbocycles. The summed E-state index contributed by atoms with van der Waals surface area (Å²) in [5.74, 6) is -0.301. The molecule has 0 bridgehead atoms. The van der Waals surface area contributed by atoms with Crippen LogP contribution < -0.4 is 10.6 Å². The molecule has 2 aliphatic rings. The maximum atomic E-state index is 13.7. The third kappa shape index (κ3) is 5.90. The smallest absolute Gasteiger partial charge is 0.230 e. The number of ether oxygens (including phenoxy) is 1. The monoisotopic (exact) mass is 398 g/mol. The number of hydrogen-bond donors (Lipinski definition) is 2. The summed E-state index contributed by atoms with van der Waals surface area (Å²) >= 11 is 0. The van der Waals surface area contributed by atoms with Gasteiger partial charge in [-0.3, -0.25) is 4.79 Å². The van der Waals surface area contributed by atoms with E-state index in [1.165, 1.54) is 50.7 Å². The second-order valence-electron chi connectivity index (χ2n) is 7.60. The van der Waals surface area contributed by atoms with Crippen LogP contribution in [0.3, 0.4) is 0 Å². The van der Waals surface area contributed by atoms with Gasteiger partial charge in [0, 0.05) is 32.3 Å². The van der Waals surface area contributed by atoms with Gasteiger partial charge in [-0.25, -0.2) is 4.39 Å². The number of nitrogens with one attached hydrogen (secondary N) is 2. The van der Waals surface area contributed by atoms with E-state index >= 15 is 0 Å². The minimum absolute atomic E-state index is 0. The zero-order valence-electron chi connectivity index (χ0n) is 16.0. The zero-order valence-corrected chi connectivity index (χ0v) is 16.8. The van der Waals surface area contributed by atoms with Crippen LogP contribution in [0.25, 0.3) is 0 Å². The van der Waals surface area contributed by atoms with Gasteiger partial charge >= 0.3 is 0 Å². The van der Waals surface area contributed by atoms with Crippen molar-refractivity contribution in [1.29, 1.82) is 0 Å². The lowest BCUT2D eigenvalue weighted by molar-refractivity contribution is -0.130. The molecular formula is C21H32ClFN2O2. The second-order valence-corrected chi connectivity index (χ2v) is 7.60. The van der Waals surface area contributed by atoms with E-state index in [2.05, 4.69) is 10.6 Å². The van der Waals surface area contributed by atoms with Gasteiger partial charge in [0.2, 0.25) is 5.91 Å². The normalized spacial score (nSPS) is 20.3. The van der Waals surface area contributed by atoms with Gasteiger partial charge < -0.3 is 15.4 Å². The maximum absolute atomic E-state index is 13.7. The molecule has 1 aliphatic heterocycles. The molecule has 27 heavy (non-hydrogen) atoms. The lowest BCUT2D eigenvalue weighted by Gasteiger charge is -2.36. The van der Waals surface area contributed by atoms with Crippen molar-refractivity contribution < 1.29 is 13.9 Å². The van der Waals surface area contributed by atoms with Crippen LogP contribution in [0, 0.1) is 5.82 Å². The van der Waals surface area contributed by atoms with Crippen LogP contribution in [0.4, 0.5) is 4.39 Å². The molecule has 1 heterocycles. The average molecular weight is 399 g/mol. The highest BCUT2D eigenvalue weighted by atomic mass is 35.5. The number of hydrogen-bond acceptors (Lipinski definition) is 3. The second kappa shape index (κ2) is 11.0. The fraction of sp³-hybridized carbons (Fsp3) is 0.667. The highest BCUT2D eigenvalue weighted by molar-refractivity contribution is 5.88. The van der Waals surface area contributed by atoms with E-state index in [-0.39, 0.29) is 24.1 Å². The average Bonchev–Trinajstić information content (AvgIpc) is 2.94. The fourth-order valence-electron chi connectivity index (χ4n) is 4.26. The molecule has 1 aromatic rings. The Hall–Kier alpha value is -1.17. The maximum Gasteiger partial charge on any atom is 0.230 e. The fourth-order valence-corrected chi connectivity index (χ4v) is 4.26. The van der Waals surface area contributed by atoms with Gasteiger partial charge in [-0.2, -0.15) is 0 Å². The van der Waals surface area contributed by atoms with Crippen molar-refractivity contribution in [3.63, 3.8) is 0 Å². The number of halogens is 2. The molecule has 0 aromatic heterocycles. The summed E-state index contributed by atoms with van der Waals surface area (Å²) in [6.45, 7) is 2.45. The Labute approximate surface area is 168 Å². The minimum atomic E-state index is -0.678. The van der Waals surface area contributed by atoms with Crippen molar-refractivity contribution in [3.05, 3.63) is 35.6 Å². The van der Waals surface area contributed by atoms with Crippen molar-refractivity contribution in [3.8, 4) is 0 Å². The number of rotatable bonds is 6. The molecule has 1 saturated carbocycles. The molecular weight excluding hydrogens is 367 g/mol. The lowest BCUT2D eigenvalue weighted by Crippen LogP contribution is -2.49. The Morgan fingerprint density at radius 3 is 2.48 bits per heavy atom. The molecule has 1 aromatic carbocycles. The van der Waals surface area contributed by atoms with Crippen molar-refractivity contribution in [1.82, 2.24) is 10.6 Å². The zero-order chi connectivity index (χ0) is 18.2. The molecule has 0 unspecified atom stereocenters. The van der Waals surface area contributed by atoms with Crippen LogP contribution in [0.5, 0.6) is 0 Å². The lowest BCUT2D eigenvalue weighted by atomic mass is 9.73. The topological polar surface area (TPSA) is 50.4 Å². The van der Waals surface area contributed by atoms with Crippen molar-refractivity contribution in [2.75, 3.05) is 26.3 Å². The molecule has 2 N–H and O–H groups in total. The van der Waals surface area contributed by atoms with E-state index in [0.717, 1.165) is 12.1 Å². The van der Waals surface area contributed by atoms with Gasteiger partial charge in [0.25, 0.3) is 0 Å². The number of carbonyl (C=O) groups is 1. The van der Waals surface area contributed by atoms with E-state index in [9.17, 15) is 9.18 Å². The van der Waals surface area contributed by atoms with Gasteiger partial charge in [0.05, 0.1) is 5.41 Å². The minimum Gasteiger partial charge on any atom is -0.381 e. The Morgan fingerprint density at radius 1 is 1.11 bits per heavy atom. The van der Waals surface area contributed by atoms with Crippen LogP contribution in [0.1, 0.15) is 56.9 Å². The molecule has 1 saturated heterocycles. The van der Waals surface area contributed by atoms with Gasteiger partial charge in [0.1, 0.15) is 5.82 Å². The Morgan fingerprint density at radius 2 is 1.81 bits per heavy atom. The summed E-state index contributed by atoms with van der Waals surface area (Å²) in [6, 6.07) is 7.04. The van der Waals surface area contributed by atoms with E-state index in [1.54, 1.807) is 6.07 Å². The third-order valence-corrected chi connectivity index (χ3v) is 5.86. The Bertz CT molecular complexity index is 585. The number of amides is 1. The van der Waals surface area contributed by atoms with E-state index in [0.29, 0.717) is 38.6 Å². The third-order valence-electron chi connectivity index (χ3n) is 5.86. The summed E-state index contributed by atoms with van der Waals surface area (Å²) in [5, 5.41) is 6.67. The number of benzene rings is 1. The molecule has 6 heteroatoms. The summed E-state index contributed by atoms with van der Waals surface area (Å²) in [4.78, 5) is 13.0. The first-order valence-corrected chi connectivity index (χ1v) is 10.1. The van der Waals surface area contributed by atoms with Crippen LogP contribution in [-0.4, -0.2) is 38.3 Å². The predicted molar refractivity (Wildman–Crippen MR) is 108 cm³/mol. The Balaban J connectivity index is 0.00000261. The summed E-state index contributed by atoms with van der Waals surface area (Å²) in [5.41, 5.74) is 0.0814. The van der Waals surface area contributed by atoms with Gasteiger partial charge in [-0.15, -0.1) is 12.4 Å². The van der Waals surface area contributed by atoms with E-state index in [4.69, 9.17) is 4.74 Å². The molecule has 152 valence electrons. The first-order valence-electron chi connectivity index (χ1n) is 10.1. The molecule has 0 spiro atoms. The first kappa shape index (κ1) is 22.1. The highest BCUT2D eigenvalue weighted by Crippen LogP contribution is 2.35. The van der Waals surface area contributed by atoms with Crippen LogP contribution in [0.15, 0.2) is 24.3 Å². The molecule has 0 radical (unpaired) electrons.